The van der Waals surface area contributed by atoms with Crippen molar-refractivity contribution in [1.29, 1.82) is 0 Å². The van der Waals surface area contributed by atoms with Gasteiger partial charge >= 0.3 is 0 Å². The summed E-state index contributed by atoms with van der Waals surface area (Å²) in [6.07, 6.45) is 2.73. The predicted octanol–water partition coefficient (Wildman–Crippen LogP) is 1.81. The van der Waals surface area contributed by atoms with Gasteiger partial charge in [-0.05, 0) is 24.8 Å². The third kappa shape index (κ3) is 1.78. The molecular weight excluding hydrogens is 198 g/mol. The predicted molar refractivity (Wildman–Crippen MR) is 59.4 cm³/mol. The molecule has 1 aromatic carbocycles. The molecule has 0 aromatic heterocycles. The Morgan fingerprint density at radius 2 is 1.93 bits per heavy atom. The largest absolute Gasteiger partial charge is 0.384 e. The Kier molecular flexibility index (Phi) is 3.53. The van der Waals surface area contributed by atoms with Gasteiger partial charge in [0.25, 0.3) is 0 Å². The average Bonchev–Trinajstić information content (AvgIpc) is 2.50. The van der Waals surface area contributed by atoms with Gasteiger partial charge in [-0.3, -0.25) is 0 Å². The van der Waals surface area contributed by atoms with Gasteiger partial charge in [0.2, 0.25) is 0 Å². The monoisotopic (exact) mass is 213 g/mol. The maximum absolute atomic E-state index is 10.3. The SMILES string of the molecule is Cl.NC1CCCC1(O)c1ccccc1. The van der Waals surface area contributed by atoms with Crippen LogP contribution >= 0.6 is 12.4 Å². The number of halogens is 1. The molecule has 0 saturated heterocycles. The lowest BCUT2D eigenvalue weighted by molar-refractivity contribution is 0.0282. The smallest absolute Gasteiger partial charge is 0.105 e. The zero-order valence-corrected chi connectivity index (χ0v) is 8.83. The zero-order valence-electron chi connectivity index (χ0n) is 8.02. The van der Waals surface area contributed by atoms with E-state index in [2.05, 4.69) is 0 Å². The van der Waals surface area contributed by atoms with Crippen LogP contribution in [0.5, 0.6) is 0 Å². The molecule has 0 amide bonds. The summed E-state index contributed by atoms with van der Waals surface area (Å²) in [5, 5.41) is 10.3. The maximum Gasteiger partial charge on any atom is 0.105 e. The molecule has 2 rings (SSSR count). The summed E-state index contributed by atoms with van der Waals surface area (Å²) in [5.74, 6) is 0. The molecule has 78 valence electrons. The summed E-state index contributed by atoms with van der Waals surface area (Å²) in [7, 11) is 0. The first kappa shape index (κ1) is 11.5. The van der Waals surface area contributed by atoms with Gasteiger partial charge < -0.3 is 10.8 Å². The number of benzene rings is 1. The van der Waals surface area contributed by atoms with Crippen molar-refractivity contribution in [2.24, 2.45) is 5.73 Å². The van der Waals surface area contributed by atoms with Crippen LogP contribution in [0.3, 0.4) is 0 Å². The Morgan fingerprint density at radius 3 is 2.43 bits per heavy atom. The topological polar surface area (TPSA) is 46.2 Å². The van der Waals surface area contributed by atoms with Gasteiger partial charge in [0.05, 0.1) is 0 Å². The Hall–Kier alpha value is -0.570. The Balaban J connectivity index is 0.000000980. The highest BCUT2D eigenvalue weighted by molar-refractivity contribution is 5.85. The fraction of sp³-hybridized carbons (Fsp3) is 0.455. The minimum absolute atomic E-state index is 0. The second-order valence-electron chi connectivity index (χ2n) is 3.79. The first-order valence-corrected chi connectivity index (χ1v) is 4.77. The van der Waals surface area contributed by atoms with Gasteiger partial charge in [-0.1, -0.05) is 30.3 Å². The normalized spacial score (nSPS) is 31.1. The highest BCUT2D eigenvalue weighted by Gasteiger charge is 2.39. The van der Waals surface area contributed by atoms with Gasteiger partial charge in [-0.25, -0.2) is 0 Å². The van der Waals surface area contributed by atoms with Gasteiger partial charge in [0.1, 0.15) is 5.60 Å². The van der Waals surface area contributed by atoms with E-state index in [1.165, 1.54) is 0 Å². The van der Waals surface area contributed by atoms with Crippen LogP contribution in [0.25, 0.3) is 0 Å². The minimum Gasteiger partial charge on any atom is -0.384 e. The molecule has 0 radical (unpaired) electrons. The highest BCUT2D eigenvalue weighted by Crippen LogP contribution is 2.37. The lowest BCUT2D eigenvalue weighted by atomic mass is 9.89. The summed E-state index contributed by atoms with van der Waals surface area (Å²) in [6.45, 7) is 0. The molecule has 1 aliphatic rings. The van der Waals surface area contributed by atoms with E-state index in [-0.39, 0.29) is 18.4 Å². The molecule has 2 unspecified atom stereocenters. The van der Waals surface area contributed by atoms with Gasteiger partial charge in [0, 0.05) is 6.04 Å². The third-order valence-corrected chi connectivity index (χ3v) is 2.96. The zero-order chi connectivity index (χ0) is 9.31. The molecule has 0 bridgehead atoms. The molecule has 0 spiro atoms. The number of rotatable bonds is 1. The molecule has 2 nitrogen and oxygen atoms in total. The number of nitrogens with two attached hydrogens (primary N) is 1. The molecule has 14 heavy (non-hydrogen) atoms. The lowest BCUT2D eigenvalue weighted by Gasteiger charge is -2.27. The Morgan fingerprint density at radius 1 is 1.29 bits per heavy atom. The van der Waals surface area contributed by atoms with E-state index < -0.39 is 5.60 Å². The maximum atomic E-state index is 10.3. The van der Waals surface area contributed by atoms with E-state index in [1.54, 1.807) is 0 Å². The first-order valence-electron chi connectivity index (χ1n) is 4.77. The van der Waals surface area contributed by atoms with Crippen LogP contribution in [-0.4, -0.2) is 11.1 Å². The van der Waals surface area contributed by atoms with E-state index >= 15 is 0 Å². The number of aliphatic hydroxyl groups is 1. The second kappa shape index (κ2) is 4.30. The van der Waals surface area contributed by atoms with Gasteiger partial charge in [-0.15, -0.1) is 12.4 Å². The molecule has 1 fully saturated rings. The first-order chi connectivity index (χ1) is 6.23. The molecule has 2 atom stereocenters. The molecule has 1 aromatic rings. The summed E-state index contributed by atoms with van der Waals surface area (Å²) < 4.78 is 0. The van der Waals surface area contributed by atoms with Crippen LogP contribution in [0.4, 0.5) is 0 Å². The van der Waals surface area contributed by atoms with E-state index in [9.17, 15) is 5.11 Å². The van der Waals surface area contributed by atoms with Crippen LogP contribution < -0.4 is 5.73 Å². The van der Waals surface area contributed by atoms with Crippen LogP contribution in [-0.2, 0) is 5.60 Å². The molecule has 3 heteroatoms. The molecule has 0 heterocycles. The lowest BCUT2D eigenvalue weighted by Crippen LogP contribution is -2.40. The van der Waals surface area contributed by atoms with Crippen LogP contribution in [0.15, 0.2) is 30.3 Å². The molecule has 0 aliphatic heterocycles. The summed E-state index contributed by atoms with van der Waals surface area (Å²) in [4.78, 5) is 0. The van der Waals surface area contributed by atoms with E-state index in [1.807, 2.05) is 30.3 Å². The van der Waals surface area contributed by atoms with Crippen molar-refractivity contribution in [3.8, 4) is 0 Å². The second-order valence-corrected chi connectivity index (χ2v) is 3.79. The van der Waals surface area contributed by atoms with E-state index in [0.29, 0.717) is 0 Å². The summed E-state index contributed by atoms with van der Waals surface area (Å²) in [5.41, 5.74) is 6.08. The van der Waals surface area contributed by atoms with E-state index in [0.717, 1.165) is 24.8 Å². The Bertz CT molecular complexity index is 291. The van der Waals surface area contributed by atoms with Crippen LogP contribution in [0.1, 0.15) is 24.8 Å². The fourth-order valence-electron chi connectivity index (χ4n) is 2.10. The molecular formula is C11H16ClNO. The van der Waals surface area contributed by atoms with Crippen LogP contribution in [0, 0.1) is 0 Å². The van der Waals surface area contributed by atoms with Crippen molar-refractivity contribution >= 4 is 12.4 Å². The molecule has 1 aliphatic carbocycles. The average molecular weight is 214 g/mol. The molecule has 1 saturated carbocycles. The van der Waals surface area contributed by atoms with Crippen molar-refractivity contribution in [3.05, 3.63) is 35.9 Å². The standard InChI is InChI=1S/C11H15NO.ClH/c12-10-7-4-8-11(10,13)9-5-2-1-3-6-9;/h1-3,5-6,10,13H,4,7-8,12H2;1H. The Labute approximate surface area is 90.5 Å². The van der Waals surface area contributed by atoms with Crippen molar-refractivity contribution in [3.63, 3.8) is 0 Å². The van der Waals surface area contributed by atoms with E-state index in [4.69, 9.17) is 5.73 Å². The highest BCUT2D eigenvalue weighted by atomic mass is 35.5. The fourth-order valence-corrected chi connectivity index (χ4v) is 2.10. The van der Waals surface area contributed by atoms with Gasteiger partial charge in [0.15, 0.2) is 0 Å². The van der Waals surface area contributed by atoms with Crippen molar-refractivity contribution in [1.82, 2.24) is 0 Å². The van der Waals surface area contributed by atoms with Gasteiger partial charge in [-0.2, -0.15) is 0 Å². The third-order valence-electron chi connectivity index (χ3n) is 2.96. The number of hydrogen-bond donors (Lipinski definition) is 2. The quantitative estimate of drug-likeness (QED) is 0.748. The summed E-state index contributed by atoms with van der Waals surface area (Å²) in [6, 6.07) is 9.63. The van der Waals surface area contributed by atoms with Crippen molar-refractivity contribution in [2.45, 2.75) is 30.9 Å². The van der Waals surface area contributed by atoms with Crippen molar-refractivity contribution < 1.29 is 5.11 Å². The van der Waals surface area contributed by atoms with Crippen LogP contribution in [0.2, 0.25) is 0 Å². The minimum atomic E-state index is -0.777. The van der Waals surface area contributed by atoms with Crippen molar-refractivity contribution in [2.75, 3.05) is 0 Å². The molecule has 3 N–H and O–H groups in total. The summed E-state index contributed by atoms with van der Waals surface area (Å²) >= 11 is 0. The number of hydrogen-bond acceptors (Lipinski definition) is 2.